The van der Waals surface area contributed by atoms with Gasteiger partial charge < -0.3 is 25.3 Å². The molecular formula is C28H28F2N6O2. The zero-order valence-electron chi connectivity index (χ0n) is 21.2. The minimum atomic E-state index is -2.58. The number of methoxy groups -OCH3 is 1. The number of anilines is 1. The number of nitrogen functional groups attached to an aromatic ring is 1. The molecule has 196 valence electrons. The molecule has 0 saturated heterocycles. The fourth-order valence-corrected chi connectivity index (χ4v) is 7.94. The lowest BCUT2D eigenvalue weighted by atomic mass is 9.75. The summed E-state index contributed by atoms with van der Waals surface area (Å²) in [5, 5.41) is 1.89. The van der Waals surface area contributed by atoms with Crippen molar-refractivity contribution in [2.45, 2.75) is 62.6 Å². The SMILES string of the molecule is COc1cn(C2CC34CC3(C2)C4(F)F)c(=O)c2cc(-c3cn(C4CC(C)(N)C4)c4ncnc(N)c34)ccc12. The van der Waals surface area contributed by atoms with Crippen molar-refractivity contribution in [3.8, 4) is 16.9 Å². The molecule has 0 spiro atoms. The van der Waals surface area contributed by atoms with Crippen LogP contribution in [0.3, 0.4) is 0 Å². The second-order valence-corrected chi connectivity index (χ2v) is 12.3. The Hall–Kier alpha value is -3.53. The normalized spacial score (nSPS) is 34.1. The van der Waals surface area contributed by atoms with E-state index in [1.165, 1.54) is 6.33 Å². The van der Waals surface area contributed by atoms with E-state index in [1.807, 2.05) is 31.3 Å². The molecule has 38 heavy (non-hydrogen) atoms. The molecule has 2 unspecified atom stereocenters. The van der Waals surface area contributed by atoms with Crippen molar-refractivity contribution in [1.29, 1.82) is 0 Å². The highest BCUT2D eigenvalue weighted by atomic mass is 19.3. The highest BCUT2D eigenvalue weighted by Gasteiger charge is 3.05. The molecule has 4 fully saturated rings. The summed E-state index contributed by atoms with van der Waals surface area (Å²) in [6.45, 7) is 2.04. The van der Waals surface area contributed by atoms with Gasteiger partial charge >= 0.3 is 0 Å². The maximum Gasteiger partial charge on any atom is 0.260 e. The Bertz CT molecular complexity index is 1750. The minimum absolute atomic E-state index is 0.199. The highest BCUT2D eigenvalue weighted by Crippen LogP contribution is 3.01. The Balaban J connectivity index is 1.26. The van der Waals surface area contributed by atoms with Crippen LogP contribution in [0.25, 0.3) is 32.9 Å². The first-order chi connectivity index (χ1) is 18.0. The number of rotatable bonds is 4. The number of pyridine rings is 1. The predicted octanol–water partition coefficient (Wildman–Crippen LogP) is 4.42. The van der Waals surface area contributed by atoms with E-state index in [9.17, 15) is 13.6 Å². The topological polar surface area (TPSA) is 114 Å². The molecule has 4 saturated carbocycles. The van der Waals surface area contributed by atoms with Crippen LogP contribution in [0.15, 0.2) is 41.7 Å². The van der Waals surface area contributed by atoms with Gasteiger partial charge in [0.05, 0.1) is 24.1 Å². The van der Waals surface area contributed by atoms with Crippen molar-refractivity contribution in [3.05, 3.63) is 47.3 Å². The number of fused-ring (bicyclic) bond motifs is 2. The summed E-state index contributed by atoms with van der Waals surface area (Å²) in [6, 6.07) is 5.59. The van der Waals surface area contributed by atoms with Crippen molar-refractivity contribution < 1.29 is 13.5 Å². The third-order valence-corrected chi connectivity index (χ3v) is 10.1. The lowest BCUT2D eigenvalue weighted by Gasteiger charge is -2.43. The highest BCUT2D eigenvalue weighted by molar-refractivity contribution is 6.02. The second kappa shape index (κ2) is 6.54. The maximum absolute atomic E-state index is 14.2. The number of benzene rings is 1. The van der Waals surface area contributed by atoms with E-state index in [0.29, 0.717) is 41.6 Å². The molecule has 3 heterocycles. The number of hydrogen-bond donors (Lipinski definition) is 2. The molecule has 1 aromatic carbocycles. The summed E-state index contributed by atoms with van der Waals surface area (Å²) in [4.78, 5) is 22.5. The Morgan fingerprint density at radius 3 is 2.39 bits per heavy atom. The van der Waals surface area contributed by atoms with E-state index in [4.69, 9.17) is 16.2 Å². The van der Waals surface area contributed by atoms with Gasteiger partial charge in [0.25, 0.3) is 11.5 Å². The molecule has 10 heteroatoms. The number of aromatic nitrogens is 4. The van der Waals surface area contributed by atoms with E-state index in [2.05, 4.69) is 14.5 Å². The number of nitrogens with two attached hydrogens (primary N) is 2. The summed E-state index contributed by atoms with van der Waals surface area (Å²) in [5.41, 5.74) is 12.8. The van der Waals surface area contributed by atoms with Crippen LogP contribution in [0.5, 0.6) is 5.75 Å². The summed E-state index contributed by atoms with van der Waals surface area (Å²) in [7, 11) is 1.56. The first-order valence-electron chi connectivity index (χ1n) is 13.0. The third-order valence-electron chi connectivity index (χ3n) is 10.1. The van der Waals surface area contributed by atoms with Gasteiger partial charge in [0.1, 0.15) is 23.5 Å². The molecule has 8 nitrogen and oxygen atoms in total. The smallest absolute Gasteiger partial charge is 0.260 e. The molecule has 4 N–H and O–H groups in total. The summed E-state index contributed by atoms with van der Waals surface area (Å²) >= 11 is 0. The molecule has 0 radical (unpaired) electrons. The summed E-state index contributed by atoms with van der Waals surface area (Å²) in [5.74, 6) is -1.67. The molecule has 4 aliphatic carbocycles. The zero-order chi connectivity index (χ0) is 26.4. The molecule has 8 rings (SSSR count). The summed E-state index contributed by atoms with van der Waals surface area (Å²) < 4.78 is 37.9. The molecule has 3 aromatic heterocycles. The molecule has 0 aliphatic heterocycles. The van der Waals surface area contributed by atoms with Crippen LogP contribution in [0.1, 0.15) is 51.1 Å². The molecule has 0 amide bonds. The molecule has 4 aliphatic rings. The van der Waals surface area contributed by atoms with E-state index >= 15 is 0 Å². The Labute approximate surface area is 216 Å². The lowest BCUT2D eigenvalue weighted by molar-refractivity contribution is -0.0234. The Morgan fingerprint density at radius 2 is 1.74 bits per heavy atom. The van der Waals surface area contributed by atoms with Gasteiger partial charge in [0.2, 0.25) is 0 Å². The summed E-state index contributed by atoms with van der Waals surface area (Å²) in [6.07, 6.45) is 8.05. The Kier molecular flexibility index (Phi) is 3.86. The van der Waals surface area contributed by atoms with Crippen LogP contribution < -0.4 is 21.8 Å². The molecule has 4 aromatic rings. The van der Waals surface area contributed by atoms with Gasteiger partial charge in [-0.25, -0.2) is 18.7 Å². The lowest BCUT2D eigenvalue weighted by Crippen LogP contribution is -2.49. The van der Waals surface area contributed by atoms with Crippen LogP contribution in [0.2, 0.25) is 0 Å². The third kappa shape index (κ3) is 2.45. The molecule has 0 bridgehead atoms. The van der Waals surface area contributed by atoms with Gasteiger partial charge in [0.15, 0.2) is 0 Å². The van der Waals surface area contributed by atoms with Crippen molar-refractivity contribution in [3.63, 3.8) is 0 Å². The van der Waals surface area contributed by atoms with Crippen molar-refractivity contribution in [1.82, 2.24) is 19.1 Å². The first-order valence-corrected chi connectivity index (χ1v) is 13.0. The largest absolute Gasteiger partial charge is 0.495 e. The monoisotopic (exact) mass is 518 g/mol. The first kappa shape index (κ1) is 22.5. The van der Waals surface area contributed by atoms with Gasteiger partial charge in [-0.3, -0.25) is 4.79 Å². The molecular weight excluding hydrogens is 490 g/mol. The number of halogens is 2. The van der Waals surface area contributed by atoms with Gasteiger partial charge in [-0.1, -0.05) is 6.07 Å². The number of nitrogens with zero attached hydrogens (tertiary/aromatic N) is 4. The Morgan fingerprint density at radius 1 is 1.03 bits per heavy atom. The number of ether oxygens (including phenoxy) is 1. The van der Waals surface area contributed by atoms with Gasteiger partial charge in [-0.05, 0) is 56.7 Å². The number of alkyl halides is 2. The predicted molar refractivity (Wildman–Crippen MR) is 139 cm³/mol. The van der Waals surface area contributed by atoms with Crippen LogP contribution in [-0.2, 0) is 0 Å². The van der Waals surface area contributed by atoms with Crippen molar-refractivity contribution in [2.75, 3.05) is 12.8 Å². The molecule has 2 atom stereocenters. The zero-order valence-corrected chi connectivity index (χ0v) is 21.2. The maximum atomic E-state index is 14.2. The fraction of sp³-hybridized carbons (Fsp3) is 0.464. The quantitative estimate of drug-likeness (QED) is 0.414. The van der Waals surface area contributed by atoms with Crippen LogP contribution in [-0.4, -0.2) is 37.7 Å². The van der Waals surface area contributed by atoms with Crippen LogP contribution >= 0.6 is 0 Å². The van der Waals surface area contributed by atoms with E-state index in [0.717, 1.165) is 35.0 Å². The average Bonchev–Trinajstić information content (AvgIpc) is 3.38. The van der Waals surface area contributed by atoms with Crippen molar-refractivity contribution >= 4 is 27.6 Å². The van der Waals surface area contributed by atoms with Gasteiger partial charge in [0, 0.05) is 45.6 Å². The van der Waals surface area contributed by atoms with Gasteiger partial charge in [-0.15, -0.1) is 0 Å². The fourth-order valence-electron chi connectivity index (χ4n) is 7.94. The number of hydrogen-bond acceptors (Lipinski definition) is 6. The average molecular weight is 519 g/mol. The van der Waals surface area contributed by atoms with E-state index in [1.54, 1.807) is 17.9 Å². The van der Waals surface area contributed by atoms with Crippen LogP contribution in [0, 0.1) is 10.8 Å². The van der Waals surface area contributed by atoms with Crippen LogP contribution in [0.4, 0.5) is 14.6 Å². The van der Waals surface area contributed by atoms with E-state index in [-0.39, 0.29) is 23.2 Å². The second-order valence-electron chi connectivity index (χ2n) is 12.3. The standard InChI is InChI=1S/C28H28F2N6O2/c1-25(32)6-15(7-25)35-10-19(21-22(31)33-13-34-23(21)35)14-3-4-17-18(5-14)24(37)36(11-20(17)38-2)16-8-26-12-27(26,9-16)28(26,29)30/h3-5,10-11,13,15-16H,6-9,12,32H2,1-2H3,(H2,31,33,34). The van der Waals surface area contributed by atoms with Crippen molar-refractivity contribution in [2.24, 2.45) is 16.6 Å². The minimum Gasteiger partial charge on any atom is -0.495 e. The van der Waals surface area contributed by atoms with Gasteiger partial charge in [-0.2, -0.15) is 0 Å². The van der Waals surface area contributed by atoms with E-state index < -0.39 is 16.8 Å².